The van der Waals surface area contributed by atoms with Crippen LogP contribution in [0.2, 0.25) is 5.02 Å². The van der Waals surface area contributed by atoms with Crippen LogP contribution in [0.1, 0.15) is 10.4 Å². The van der Waals surface area contributed by atoms with Gasteiger partial charge in [-0.05, 0) is 18.2 Å². The maximum atomic E-state index is 12.4. The van der Waals surface area contributed by atoms with Gasteiger partial charge in [-0.1, -0.05) is 23.7 Å². The topological polar surface area (TPSA) is 56.8 Å². The SMILES string of the molecule is COc1ccccc1NC(=O)c1cc2c(cc1Cl)OCCO2. The van der Waals surface area contributed by atoms with Crippen molar-refractivity contribution in [2.24, 2.45) is 0 Å². The van der Waals surface area contributed by atoms with E-state index in [0.29, 0.717) is 46.7 Å². The monoisotopic (exact) mass is 319 g/mol. The Balaban J connectivity index is 1.89. The van der Waals surface area contributed by atoms with Gasteiger partial charge in [-0.3, -0.25) is 4.79 Å². The Bertz CT molecular complexity index is 717. The normalized spacial score (nSPS) is 12.6. The van der Waals surface area contributed by atoms with Crippen molar-refractivity contribution in [3.63, 3.8) is 0 Å². The summed E-state index contributed by atoms with van der Waals surface area (Å²) in [5, 5.41) is 3.08. The van der Waals surface area contributed by atoms with E-state index in [4.69, 9.17) is 25.8 Å². The molecule has 0 fully saturated rings. The highest BCUT2D eigenvalue weighted by atomic mass is 35.5. The molecule has 0 saturated heterocycles. The molecule has 0 radical (unpaired) electrons. The van der Waals surface area contributed by atoms with Gasteiger partial charge in [0.2, 0.25) is 0 Å². The number of nitrogens with one attached hydrogen (secondary N) is 1. The van der Waals surface area contributed by atoms with Gasteiger partial charge in [0.1, 0.15) is 19.0 Å². The Hall–Kier alpha value is -2.40. The average Bonchev–Trinajstić information content (AvgIpc) is 2.54. The Kier molecular flexibility index (Phi) is 4.06. The minimum absolute atomic E-state index is 0.302. The van der Waals surface area contributed by atoms with Crippen molar-refractivity contribution in [1.82, 2.24) is 0 Å². The molecule has 0 bridgehead atoms. The van der Waals surface area contributed by atoms with Gasteiger partial charge >= 0.3 is 0 Å². The molecule has 0 unspecified atom stereocenters. The fourth-order valence-electron chi connectivity index (χ4n) is 2.18. The van der Waals surface area contributed by atoms with Crippen LogP contribution < -0.4 is 19.5 Å². The first-order chi connectivity index (χ1) is 10.7. The quantitative estimate of drug-likeness (QED) is 0.942. The summed E-state index contributed by atoms with van der Waals surface area (Å²) in [6, 6.07) is 10.3. The third-order valence-corrected chi connectivity index (χ3v) is 3.54. The zero-order valence-corrected chi connectivity index (χ0v) is 12.6. The molecule has 1 N–H and O–H groups in total. The van der Waals surface area contributed by atoms with Crippen LogP contribution >= 0.6 is 11.6 Å². The highest BCUT2D eigenvalue weighted by Gasteiger charge is 2.19. The van der Waals surface area contributed by atoms with Crippen LogP contribution in [0.3, 0.4) is 0 Å². The van der Waals surface area contributed by atoms with Crippen LogP contribution in [0, 0.1) is 0 Å². The lowest BCUT2D eigenvalue weighted by Gasteiger charge is -2.19. The molecule has 5 nitrogen and oxygen atoms in total. The lowest BCUT2D eigenvalue weighted by molar-refractivity contribution is 0.102. The Morgan fingerprint density at radius 3 is 2.59 bits per heavy atom. The first-order valence-electron chi connectivity index (χ1n) is 6.72. The maximum Gasteiger partial charge on any atom is 0.257 e. The second-order valence-corrected chi connectivity index (χ2v) is 5.04. The molecule has 1 amide bonds. The van der Waals surface area contributed by atoms with E-state index in [2.05, 4.69) is 5.32 Å². The zero-order valence-electron chi connectivity index (χ0n) is 11.9. The number of carbonyl (C=O) groups is 1. The summed E-state index contributed by atoms with van der Waals surface area (Å²) < 4.78 is 16.1. The predicted molar refractivity (Wildman–Crippen MR) is 83.4 cm³/mol. The highest BCUT2D eigenvalue weighted by Crippen LogP contribution is 2.36. The Morgan fingerprint density at radius 2 is 1.86 bits per heavy atom. The molecule has 114 valence electrons. The van der Waals surface area contributed by atoms with E-state index in [1.807, 2.05) is 12.1 Å². The molecule has 1 aliphatic heterocycles. The molecule has 0 aromatic heterocycles. The van der Waals surface area contributed by atoms with Gasteiger partial charge in [0.25, 0.3) is 5.91 Å². The molecule has 0 atom stereocenters. The average molecular weight is 320 g/mol. The smallest absolute Gasteiger partial charge is 0.257 e. The van der Waals surface area contributed by atoms with Gasteiger partial charge in [-0.15, -0.1) is 0 Å². The summed E-state index contributed by atoms with van der Waals surface area (Å²) in [4.78, 5) is 12.4. The number of anilines is 1. The molecule has 0 saturated carbocycles. The van der Waals surface area contributed by atoms with Gasteiger partial charge in [0.15, 0.2) is 11.5 Å². The second-order valence-electron chi connectivity index (χ2n) is 4.63. The second kappa shape index (κ2) is 6.15. The van der Waals surface area contributed by atoms with Crippen molar-refractivity contribution in [3.8, 4) is 17.2 Å². The molecular formula is C16H14ClNO4. The first-order valence-corrected chi connectivity index (χ1v) is 7.10. The summed E-state index contributed by atoms with van der Waals surface area (Å²) in [5.74, 6) is 1.29. The van der Waals surface area contributed by atoms with Crippen LogP contribution in [0.25, 0.3) is 0 Å². The molecule has 22 heavy (non-hydrogen) atoms. The summed E-state index contributed by atoms with van der Waals surface area (Å²) in [6.07, 6.45) is 0. The summed E-state index contributed by atoms with van der Waals surface area (Å²) >= 11 is 6.17. The van der Waals surface area contributed by atoms with Crippen molar-refractivity contribution in [1.29, 1.82) is 0 Å². The number of hydrogen-bond acceptors (Lipinski definition) is 4. The summed E-state index contributed by atoms with van der Waals surface area (Å²) in [7, 11) is 1.54. The number of ether oxygens (including phenoxy) is 3. The number of hydrogen-bond donors (Lipinski definition) is 1. The molecule has 2 aromatic rings. The van der Waals surface area contributed by atoms with E-state index in [9.17, 15) is 4.79 Å². The van der Waals surface area contributed by atoms with Gasteiger partial charge in [-0.2, -0.15) is 0 Å². The molecule has 0 spiro atoms. The van der Waals surface area contributed by atoms with E-state index < -0.39 is 0 Å². The molecule has 3 rings (SSSR count). The maximum absolute atomic E-state index is 12.4. The van der Waals surface area contributed by atoms with Crippen LogP contribution in [-0.4, -0.2) is 26.2 Å². The Morgan fingerprint density at radius 1 is 1.18 bits per heavy atom. The predicted octanol–water partition coefficient (Wildman–Crippen LogP) is 3.37. The molecule has 2 aromatic carbocycles. The van der Waals surface area contributed by atoms with E-state index in [0.717, 1.165) is 0 Å². The number of amides is 1. The van der Waals surface area contributed by atoms with Crippen LogP contribution in [-0.2, 0) is 0 Å². The lowest BCUT2D eigenvalue weighted by atomic mass is 10.1. The van der Waals surface area contributed by atoms with Crippen LogP contribution in [0.4, 0.5) is 5.69 Å². The number of para-hydroxylation sites is 2. The fourth-order valence-corrected chi connectivity index (χ4v) is 2.42. The van der Waals surface area contributed by atoms with Gasteiger partial charge < -0.3 is 19.5 Å². The third kappa shape index (κ3) is 2.80. The number of benzene rings is 2. The number of fused-ring (bicyclic) bond motifs is 1. The molecule has 6 heteroatoms. The van der Waals surface area contributed by atoms with E-state index in [1.165, 1.54) is 0 Å². The largest absolute Gasteiger partial charge is 0.495 e. The van der Waals surface area contributed by atoms with E-state index in [1.54, 1.807) is 31.4 Å². The van der Waals surface area contributed by atoms with Crippen molar-refractivity contribution in [3.05, 3.63) is 47.0 Å². The van der Waals surface area contributed by atoms with Crippen LogP contribution in [0.5, 0.6) is 17.2 Å². The molecular weight excluding hydrogens is 306 g/mol. The minimum Gasteiger partial charge on any atom is -0.495 e. The number of halogens is 1. The number of methoxy groups -OCH3 is 1. The minimum atomic E-state index is -0.341. The van der Waals surface area contributed by atoms with Gasteiger partial charge in [0.05, 0.1) is 23.4 Å². The highest BCUT2D eigenvalue weighted by molar-refractivity contribution is 6.34. The van der Waals surface area contributed by atoms with Gasteiger partial charge in [0, 0.05) is 6.07 Å². The zero-order chi connectivity index (χ0) is 15.5. The van der Waals surface area contributed by atoms with Crippen molar-refractivity contribution in [2.45, 2.75) is 0 Å². The molecule has 1 aliphatic rings. The third-order valence-electron chi connectivity index (χ3n) is 3.23. The molecule has 0 aliphatic carbocycles. The number of rotatable bonds is 3. The van der Waals surface area contributed by atoms with Crippen LogP contribution in [0.15, 0.2) is 36.4 Å². The Labute approximate surface area is 132 Å². The standard InChI is InChI=1S/C16H14ClNO4/c1-20-13-5-3-2-4-12(13)18-16(19)10-8-14-15(9-11(10)17)22-7-6-21-14/h2-5,8-9H,6-7H2,1H3,(H,18,19). The summed E-state index contributed by atoms with van der Waals surface area (Å²) in [6.45, 7) is 0.915. The van der Waals surface area contributed by atoms with Crippen molar-refractivity contribution < 1.29 is 19.0 Å². The van der Waals surface area contributed by atoms with E-state index >= 15 is 0 Å². The molecule has 1 heterocycles. The number of carbonyl (C=O) groups excluding carboxylic acids is 1. The first kappa shape index (κ1) is 14.5. The van der Waals surface area contributed by atoms with Crippen molar-refractivity contribution in [2.75, 3.05) is 25.6 Å². The van der Waals surface area contributed by atoms with Gasteiger partial charge in [-0.25, -0.2) is 0 Å². The lowest BCUT2D eigenvalue weighted by Crippen LogP contribution is -2.18. The fraction of sp³-hybridized carbons (Fsp3) is 0.188. The summed E-state index contributed by atoms with van der Waals surface area (Å²) in [5.41, 5.74) is 0.887. The van der Waals surface area contributed by atoms with E-state index in [-0.39, 0.29) is 5.91 Å². The van der Waals surface area contributed by atoms with Crippen molar-refractivity contribution >= 4 is 23.2 Å².